The molecule has 184 valence electrons. The molecule has 0 saturated carbocycles. The predicted octanol–water partition coefficient (Wildman–Crippen LogP) is 5.27. The van der Waals surface area contributed by atoms with Crippen molar-refractivity contribution in [1.82, 2.24) is 20.0 Å². The lowest BCUT2D eigenvalue weighted by Gasteiger charge is -2.30. The number of nitriles is 1. The summed E-state index contributed by atoms with van der Waals surface area (Å²) in [7, 11) is 5.91. The average molecular weight is 482 g/mol. The van der Waals surface area contributed by atoms with Crippen LogP contribution in [0.2, 0.25) is 0 Å². The highest BCUT2D eigenvalue weighted by molar-refractivity contribution is 5.96. The van der Waals surface area contributed by atoms with E-state index in [0.717, 1.165) is 40.6 Å². The molecule has 0 aliphatic heterocycles. The monoisotopic (exact) mass is 481 g/mol. The molecule has 3 aromatic carbocycles. The number of aromatic nitrogens is 2. The number of nitrogens with zero attached hydrogens (tertiary/aromatic N) is 4. The summed E-state index contributed by atoms with van der Waals surface area (Å²) >= 11 is 0. The number of carbonyl (C=O) groups is 1. The molecule has 1 aromatic heterocycles. The Bertz CT molecular complexity index is 1400. The van der Waals surface area contributed by atoms with E-state index in [0.29, 0.717) is 23.5 Å². The van der Waals surface area contributed by atoms with Gasteiger partial charge in [0.15, 0.2) is 0 Å². The number of carbonyl (C=O) groups excluding carboxylic acids is 1. The first-order valence-corrected chi connectivity index (χ1v) is 12.0. The van der Waals surface area contributed by atoms with Crippen LogP contribution in [-0.4, -0.2) is 60.2 Å². The minimum atomic E-state index is -0.147. The molecule has 1 amide bonds. The van der Waals surface area contributed by atoms with Gasteiger partial charge >= 0.3 is 0 Å². The second-order valence-electron chi connectivity index (χ2n) is 9.04. The van der Waals surface area contributed by atoms with Crippen LogP contribution in [0.4, 0.5) is 0 Å². The maximum Gasteiger partial charge on any atom is 0.254 e. The number of amides is 1. The van der Waals surface area contributed by atoms with Gasteiger partial charge in [-0.2, -0.15) is 10.4 Å². The number of aromatic amines is 1. The van der Waals surface area contributed by atoms with Crippen molar-refractivity contribution in [2.45, 2.75) is 19.4 Å². The lowest BCUT2D eigenvalue weighted by Crippen LogP contribution is -2.33. The molecule has 0 spiro atoms. The summed E-state index contributed by atoms with van der Waals surface area (Å²) < 4.78 is 5.93. The van der Waals surface area contributed by atoms with Crippen molar-refractivity contribution in [2.24, 2.45) is 0 Å². The minimum absolute atomic E-state index is 0.0893. The predicted molar refractivity (Wildman–Crippen MR) is 142 cm³/mol. The van der Waals surface area contributed by atoms with Gasteiger partial charge in [-0.1, -0.05) is 30.3 Å². The summed E-state index contributed by atoms with van der Waals surface area (Å²) in [6.07, 6.45) is 2.57. The Hall–Kier alpha value is -4.15. The quantitative estimate of drug-likeness (QED) is 0.352. The lowest BCUT2D eigenvalue weighted by molar-refractivity contribution is 0.0716. The van der Waals surface area contributed by atoms with Gasteiger partial charge in [0, 0.05) is 29.1 Å². The molecule has 7 nitrogen and oxygen atoms in total. The molecule has 0 unspecified atom stereocenters. The third kappa shape index (κ3) is 5.24. The highest BCUT2D eigenvalue weighted by Crippen LogP contribution is 2.34. The molecule has 0 fully saturated rings. The minimum Gasteiger partial charge on any atom is -0.493 e. The summed E-state index contributed by atoms with van der Waals surface area (Å²) in [5, 5.41) is 17.6. The first kappa shape index (κ1) is 25.0. The standard InChI is InChI=1S/C29H31N5O2/c1-5-36-27-17-22(12-13-24(27)21-9-6-8-20(16-21)18-30)29(35)34(4)26(14-15-33(2)3)25-11-7-10-23-19-31-32-28(23)25/h6-13,16-17,19,26H,5,14-15H2,1-4H3,(H,31,32)/t26-/m1/s1. The molecule has 0 aliphatic carbocycles. The second-order valence-corrected chi connectivity index (χ2v) is 9.04. The van der Waals surface area contributed by atoms with Crippen molar-refractivity contribution in [3.8, 4) is 22.9 Å². The summed E-state index contributed by atoms with van der Waals surface area (Å²) in [6.45, 7) is 3.20. The largest absolute Gasteiger partial charge is 0.493 e. The van der Waals surface area contributed by atoms with Crippen LogP contribution < -0.4 is 4.74 Å². The Labute approximate surface area is 211 Å². The molecule has 4 rings (SSSR count). The van der Waals surface area contributed by atoms with Crippen LogP contribution in [0.3, 0.4) is 0 Å². The lowest BCUT2D eigenvalue weighted by atomic mass is 9.97. The Kier molecular flexibility index (Phi) is 7.67. The Morgan fingerprint density at radius 2 is 1.92 bits per heavy atom. The fourth-order valence-corrected chi connectivity index (χ4v) is 4.48. The summed E-state index contributed by atoms with van der Waals surface area (Å²) in [5.41, 5.74) is 4.83. The molecule has 0 saturated heterocycles. The SMILES string of the molecule is CCOc1cc(C(=O)N(C)[C@H](CCN(C)C)c2cccc3cn[nH]c23)ccc1-c1cccc(C#N)c1. The number of rotatable bonds is 9. The summed E-state index contributed by atoms with van der Waals surface area (Å²) in [6, 6.07) is 21.0. The molecule has 0 aliphatic rings. The Morgan fingerprint density at radius 1 is 1.11 bits per heavy atom. The molecule has 1 atom stereocenters. The third-order valence-corrected chi connectivity index (χ3v) is 6.34. The third-order valence-electron chi connectivity index (χ3n) is 6.34. The van der Waals surface area contributed by atoms with Gasteiger partial charge in [-0.15, -0.1) is 0 Å². The maximum absolute atomic E-state index is 13.8. The smallest absolute Gasteiger partial charge is 0.254 e. The first-order valence-electron chi connectivity index (χ1n) is 12.0. The van der Waals surface area contributed by atoms with Crippen molar-refractivity contribution in [2.75, 3.05) is 34.3 Å². The first-order chi connectivity index (χ1) is 17.4. The van der Waals surface area contributed by atoms with Gasteiger partial charge in [0.2, 0.25) is 0 Å². The molecule has 1 N–H and O–H groups in total. The zero-order valence-corrected chi connectivity index (χ0v) is 21.2. The average Bonchev–Trinajstić information content (AvgIpc) is 3.38. The number of benzene rings is 3. The zero-order chi connectivity index (χ0) is 25.7. The number of ether oxygens (including phenoxy) is 1. The number of hydrogen-bond donors (Lipinski definition) is 1. The fraction of sp³-hybridized carbons (Fsp3) is 0.276. The molecule has 1 heterocycles. The van der Waals surface area contributed by atoms with Crippen molar-refractivity contribution in [3.63, 3.8) is 0 Å². The van der Waals surface area contributed by atoms with Crippen LogP contribution in [0.15, 0.2) is 66.9 Å². The van der Waals surface area contributed by atoms with E-state index in [-0.39, 0.29) is 11.9 Å². The van der Waals surface area contributed by atoms with Gasteiger partial charge in [0.1, 0.15) is 5.75 Å². The van der Waals surface area contributed by atoms with Crippen molar-refractivity contribution in [3.05, 3.63) is 83.6 Å². The van der Waals surface area contributed by atoms with Crippen LogP contribution >= 0.6 is 0 Å². The maximum atomic E-state index is 13.8. The zero-order valence-electron chi connectivity index (χ0n) is 21.2. The van der Waals surface area contributed by atoms with E-state index in [1.54, 1.807) is 23.2 Å². The number of fused-ring (bicyclic) bond motifs is 1. The number of para-hydroxylation sites is 1. The summed E-state index contributed by atoms with van der Waals surface area (Å²) in [5.74, 6) is 0.529. The van der Waals surface area contributed by atoms with Crippen LogP contribution in [-0.2, 0) is 0 Å². The fourth-order valence-electron chi connectivity index (χ4n) is 4.48. The normalized spacial score (nSPS) is 11.9. The molecule has 7 heteroatoms. The number of hydrogen-bond acceptors (Lipinski definition) is 5. The highest BCUT2D eigenvalue weighted by atomic mass is 16.5. The van der Waals surface area contributed by atoms with Crippen LogP contribution in [0, 0.1) is 11.3 Å². The number of nitrogens with one attached hydrogen (secondary N) is 1. The van der Waals surface area contributed by atoms with Crippen molar-refractivity contribution >= 4 is 16.8 Å². The van der Waals surface area contributed by atoms with Gasteiger partial charge in [-0.05, 0) is 69.9 Å². The molecule has 36 heavy (non-hydrogen) atoms. The second kappa shape index (κ2) is 11.1. The van der Waals surface area contributed by atoms with Gasteiger partial charge in [0.25, 0.3) is 5.91 Å². The molecular weight excluding hydrogens is 450 g/mol. The van der Waals surface area contributed by atoms with Gasteiger partial charge < -0.3 is 14.5 Å². The van der Waals surface area contributed by atoms with Crippen molar-refractivity contribution < 1.29 is 9.53 Å². The van der Waals surface area contributed by atoms with E-state index < -0.39 is 0 Å². The van der Waals surface area contributed by atoms with E-state index >= 15 is 0 Å². The highest BCUT2D eigenvalue weighted by Gasteiger charge is 2.26. The molecule has 4 aromatic rings. The van der Waals surface area contributed by atoms with Crippen LogP contribution in [0.1, 0.15) is 40.9 Å². The molecule has 0 radical (unpaired) electrons. The van der Waals surface area contributed by atoms with Crippen LogP contribution in [0.25, 0.3) is 22.0 Å². The van der Waals surface area contributed by atoms with Crippen LogP contribution in [0.5, 0.6) is 5.75 Å². The van der Waals surface area contributed by atoms with E-state index in [9.17, 15) is 10.1 Å². The molecular formula is C29H31N5O2. The van der Waals surface area contributed by atoms with E-state index in [2.05, 4.69) is 27.2 Å². The Balaban J connectivity index is 1.70. The Morgan fingerprint density at radius 3 is 2.67 bits per heavy atom. The van der Waals surface area contributed by atoms with Gasteiger partial charge in [0.05, 0.1) is 36.0 Å². The van der Waals surface area contributed by atoms with Gasteiger partial charge in [-0.3, -0.25) is 9.89 Å². The summed E-state index contributed by atoms with van der Waals surface area (Å²) in [4.78, 5) is 17.7. The topological polar surface area (TPSA) is 85.2 Å². The van der Waals surface area contributed by atoms with Gasteiger partial charge in [-0.25, -0.2) is 0 Å². The van der Waals surface area contributed by atoms with E-state index in [4.69, 9.17) is 4.74 Å². The van der Waals surface area contributed by atoms with E-state index in [1.165, 1.54) is 0 Å². The van der Waals surface area contributed by atoms with Crippen molar-refractivity contribution in [1.29, 1.82) is 5.26 Å². The molecule has 0 bridgehead atoms. The number of H-pyrrole nitrogens is 1. The van der Waals surface area contributed by atoms with E-state index in [1.807, 2.05) is 70.5 Å².